The van der Waals surface area contributed by atoms with Crippen LogP contribution in [0.3, 0.4) is 0 Å². The molecule has 22 heavy (non-hydrogen) atoms. The van der Waals surface area contributed by atoms with E-state index in [9.17, 15) is 5.11 Å². The largest absolute Gasteiger partial charge is 0.394 e. The summed E-state index contributed by atoms with van der Waals surface area (Å²) < 4.78 is 23.0. The first-order valence-electron chi connectivity index (χ1n) is 7.40. The molecule has 2 rings (SSSR count). The molecule has 0 spiro atoms. The van der Waals surface area contributed by atoms with Crippen LogP contribution in [0.1, 0.15) is 20.3 Å². The van der Waals surface area contributed by atoms with E-state index in [-0.39, 0.29) is 25.1 Å². The van der Waals surface area contributed by atoms with Crippen molar-refractivity contribution in [2.24, 2.45) is 0 Å². The normalized spacial score (nSPS) is 34.5. The highest BCUT2D eigenvalue weighted by atomic mass is 35.5. The molecule has 2 fully saturated rings. The Kier molecular flexibility index (Phi) is 7.48. The van der Waals surface area contributed by atoms with Crippen molar-refractivity contribution < 1.29 is 29.2 Å². The zero-order valence-corrected chi connectivity index (χ0v) is 14.4. The Labute approximate surface area is 137 Å². The third kappa shape index (κ3) is 4.75. The molecule has 2 aliphatic rings. The second kappa shape index (κ2) is 8.21. The van der Waals surface area contributed by atoms with Gasteiger partial charge in [0.2, 0.25) is 0 Å². The third-order valence-electron chi connectivity index (χ3n) is 3.65. The van der Waals surface area contributed by atoms with Crippen molar-refractivity contribution in [1.29, 1.82) is 0 Å². The maximum Gasteiger partial charge on any atom is 0.190 e. The number of hydrogen-bond donors (Lipinski definition) is 2. The van der Waals surface area contributed by atoms with Gasteiger partial charge in [-0.25, -0.2) is 0 Å². The van der Waals surface area contributed by atoms with Crippen LogP contribution in [0.2, 0.25) is 0 Å². The quantitative estimate of drug-likeness (QED) is 0.630. The SMILES string of the molecule is CN(C)CCCO[C@H]1C([C@H](O)CO)O[C@@H]2OC(C)(C)O[C@@H]21.Cl. The zero-order chi connectivity index (χ0) is 15.6. The predicted molar refractivity (Wildman–Crippen MR) is 81.9 cm³/mol. The monoisotopic (exact) mass is 341 g/mol. The number of fused-ring (bicyclic) bond motifs is 1. The van der Waals surface area contributed by atoms with Gasteiger partial charge in [-0.15, -0.1) is 12.4 Å². The zero-order valence-electron chi connectivity index (χ0n) is 13.6. The van der Waals surface area contributed by atoms with E-state index in [4.69, 9.17) is 24.1 Å². The van der Waals surface area contributed by atoms with E-state index in [0.29, 0.717) is 6.61 Å². The molecule has 0 aliphatic carbocycles. The van der Waals surface area contributed by atoms with Gasteiger partial charge < -0.3 is 34.1 Å². The summed E-state index contributed by atoms with van der Waals surface area (Å²) in [5.74, 6) is -0.726. The fraction of sp³-hybridized carbons (Fsp3) is 1.00. The summed E-state index contributed by atoms with van der Waals surface area (Å²) in [5.41, 5.74) is 0. The van der Waals surface area contributed by atoms with Gasteiger partial charge in [0.25, 0.3) is 0 Å². The smallest absolute Gasteiger partial charge is 0.190 e. The van der Waals surface area contributed by atoms with Gasteiger partial charge in [0.1, 0.15) is 24.4 Å². The van der Waals surface area contributed by atoms with Gasteiger partial charge >= 0.3 is 0 Å². The van der Waals surface area contributed by atoms with E-state index in [1.165, 1.54) is 0 Å². The first-order chi connectivity index (χ1) is 9.84. The van der Waals surface area contributed by atoms with Crippen LogP contribution in [0.25, 0.3) is 0 Å². The van der Waals surface area contributed by atoms with Crippen molar-refractivity contribution in [1.82, 2.24) is 4.90 Å². The Morgan fingerprint density at radius 2 is 1.95 bits per heavy atom. The number of ether oxygens (including phenoxy) is 4. The van der Waals surface area contributed by atoms with Crippen molar-refractivity contribution >= 4 is 12.4 Å². The van der Waals surface area contributed by atoms with Gasteiger partial charge in [0, 0.05) is 6.61 Å². The number of hydrogen-bond acceptors (Lipinski definition) is 7. The van der Waals surface area contributed by atoms with Crippen LogP contribution in [0, 0.1) is 0 Å². The molecule has 0 bridgehead atoms. The van der Waals surface area contributed by atoms with Crippen molar-refractivity contribution in [3.63, 3.8) is 0 Å². The summed E-state index contributed by atoms with van der Waals surface area (Å²) in [6.07, 6.45) is -2.17. The minimum atomic E-state index is -1.01. The predicted octanol–water partition coefficient (Wildman–Crippen LogP) is -0.0253. The number of halogens is 1. The summed E-state index contributed by atoms with van der Waals surface area (Å²) in [6, 6.07) is 0. The van der Waals surface area contributed by atoms with Gasteiger partial charge in [-0.05, 0) is 40.9 Å². The molecule has 0 saturated carbocycles. The van der Waals surface area contributed by atoms with Gasteiger partial charge in [0.15, 0.2) is 12.1 Å². The van der Waals surface area contributed by atoms with E-state index in [1.54, 1.807) is 0 Å². The van der Waals surface area contributed by atoms with Crippen LogP contribution in [0.15, 0.2) is 0 Å². The Morgan fingerprint density at radius 3 is 2.55 bits per heavy atom. The lowest BCUT2D eigenvalue weighted by Gasteiger charge is -2.28. The van der Waals surface area contributed by atoms with Crippen LogP contribution in [-0.2, 0) is 18.9 Å². The molecule has 0 amide bonds. The van der Waals surface area contributed by atoms with E-state index in [0.717, 1.165) is 13.0 Å². The second-order valence-corrected chi connectivity index (χ2v) is 6.31. The Morgan fingerprint density at radius 1 is 1.27 bits per heavy atom. The minimum Gasteiger partial charge on any atom is -0.394 e. The third-order valence-corrected chi connectivity index (χ3v) is 3.65. The Hall–Kier alpha value is 0.01000. The molecule has 5 atom stereocenters. The molecule has 0 aromatic rings. The minimum absolute atomic E-state index is 0. The van der Waals surface area contributed by atoms with Crippen LogP contribution < -0.4 is 0 Å². The maximum atomic E-state index is 9.88. The van der Waals surface area contributed by atoms with Crippen molar-refractivity contribution in [2.75, 3.05) is 33.9 Å². The lowest BCUT2D eigenvalue weighted by Crippen LogP contribution is -2.44. The van der Waals surface area contributed by atoms with Gasteiger partial charge in [-0.2, -0.15) is 0 Å². The molecule has 2 heterocycles. The van der Waals surface area contributed by atoms with E-state index >= 15 is 0 Å². The van der Waals surface area contributed by atoms with Gasteiger partial charge in [0.05, 0.1) is 6.61 Å². The van der Waals surface area contributed by atoms with Crippen molar-refractivity contribution in [2.45, 2.75) is 56.8 Å². The van der Waals surface area contributed by atoms with E-state index in [1.807, 2.05) is 27.9 Å². The first kappa shape index (κ1) is 20.1. The lowest BCUT2D eigenvalue weighted by molar-refractivity contribution is -0.231. The average molecular weight is 342 g/mol. The summed E-state index contributed by atoms with van der Waals surface area (Å²) in [7, 11) is 4.01. The molecule has 132 valence electrons. The standard InChI is InChI=1S/C14H27NO6.ClH/c1-14(2)20-12-11(18-7-5-6-15(3)4)10(9(17)8-16)19-13(12)21-14;/h9-13,16-17H,5-8H2,1-4H3;1H/t9-,10?,11+,12-,13-;/m1./s1. The molecule has 0 aromatic carbocycles. The molecule has 7 nitrogen and oxygen atoms in total. The number of rotatable bonds is 7. The summed E-state index contributed by atoms with van der Waals surface area (Å²) in [5, 5.41) is 19.0. The fourth-order valence-corrected chi connectivity index (χ4v) is 2.71. The molecular formula is C14H28ClNO6. The molecule has 2 saturated heterocycles. The van der Waals surface area contributed by atoms with Gasteiger partial charge in [-0.3, -0.25) is 0 Å². The Balaban J connectivity index is 0.00000242. The maximum absolute atomic E-state index is 9.88. The van der Waals surface area contributed by atoms with Crippen LogP contribution >= 0.6 is 12.4 Å². The summed E-state index contributed by atoms with van der Waals surface area (Å²) in [6.45, 7) is 4.70. The first-order valence-corrected chi connectivity index (χ1v) is 7.40. The van der Waals surface area contributed by atoms with Crippen molar-refractivity contribution in [3.8, 4) is 0 Å². The van der Waals surface area contributed by atoms with Crippen LogP contribution in [0.4, 0.5) is 0 Å². The molecule has 1 unspecified atom stereocenters. The van der Waals surface area contributed by atoms with E-state index in [2.05, 4.69) is 4.90 Å². The highest BCUT2D eigenvalue weighted by Gasteiger charge is 2.56. The van der Waals surface area contributed by atoms with Crippen LogP contribution in [-0.4, -0.2) is 85.5 Å². The molecule has 2 aliphatic heterocycles. The molecule has 8 heteroatoms. The average Bonchev–Trinajstić information content (AvgIpc) is 2.86. The lowest BCUT2D eigenvalue weighted by atomic mass is 10.1. The second-order valence-electron chi connectivity index (χ2n) is 6.31. The Bertz CT molecular complexity index is 343. The van der Waals surface area contributed by atoms with Crippen LogP contribution in [0.5, 0.6) is 0 Å². The number of aliphatic hydroxyl groups excluding tert-OH is 2. The molecule has 0 radical (unpaired) electrons. The summed E-state index contributed by atoms with van der Waals surface area (Å²) >= 11 is 0. The topological polar surface area (TPSA) is 80.6 Å². The molecule has 2 N–H and O–H groups in total. The highest BCUT2D eigenvalue weighted by molar-refractivity contribution is 5.85. The number of aliphatic hydroxyl groups is 2. The molecular weight excluding hydrogens is 314 g/mol. The van der Waals surface area contributed by atoms with E-state index < -0.39 is 30.4 Å². The van der Waals surface area contributed by atoms with Crippen molar-refractivity contribution in [3.05, 3.63) is 0 Å². The number of nitrogens with zero attached hydrogens (tertiary/aromatic N) is 1. The highest BCUT2D eigenvalue weighted by Crippen LogP contribution is 2.39. The molecule has 0 aromatic heterocycles. The summed E-state index contributed by atoms with van der Waals surface area (Å²) in [4.78, 5) is 2.08. The van der Waals surface area contributed by atoms with Gasteiger partial charge in [-0.1, -0.05) is 0 Å². The fourth-order valence-electron chi connectivity index (χ4n) is 2.71.